The van der Waals surface area contributed by atoms with Gasteiger partial charge in [-0.15, -0.1) is 0 Å². The van der Waals surface area contributed by atoms with Gasteiger partial charge >= 0.3 is 0 Å². The summed E-state index contributed by atoms with van der Waals surface area (Å²) in [6.45, 7) is 7.71. The minimum Gasteiger partial charge on any atom is -0.407 e. The molecule has 222 valence electrons. The molecule has 5 aromatic rings. The van der Waals surface area contributed by atoms with Crippen LogP contribution in [0.4, 0.5) is 15.9 Å². The molecule has 9 heteroatoms. The predicted octanol–water partition coefficient (Wildman–Crippen LogP) is 6.06. The maximum Gasteiger partial charge on any atom is 0.261 e. The lowest BCUT2D eigenvalue weighted by atomic mass is 9.86. The number of rotatable bonds is 8. The van der Waals surface area contributed by atoms with Crippen LogP contribution in [0.3, 0.4) is 0 Å². The van der Waals surface area contributed by atoms with Crippen molar-refractivity contribution in [2.45, 2.75) is 57.5 Å². The van der Waals surface area contributed by atoms with Crippen LogP contribution in [0.5, 0.6) is 0 Å². The van der Waals surface area contributed by atoms with Gasteiger partial charge in [0.05, 0.1) is 18.1 Å². The molecule has 7 nitrogen and oxygen atoms in total. The van der Waals surface area contributed by atoms with E-state index in [-0.39, 0.29) is 16.9 Å². The molecule has 3 N–H and O–H groups in total. The quantitative estimate of drug-likeness (QED) is 0.212. The summed E-state index contributed by atoms with van der Waals surface area (Å²) in [7, 11) is -2.55. The summed E-state index contributed by atoms with van der Waals surface area (Å²) < 4.78 is 22.8. The van der Waals surface area contributed by atoms with E-state index in [1.807, 2.05) is 0 Å². The van der Waals surface area contributed by atoms with Crippen LogP contribution in [0, 0.1) is 11.7 Å². The van der Waals surface area contributed by atoms with Crippen LogP contribution in [0.15, 0.2) is 91.4 Å². The molecule has 0 amide bonds. The number of imidazole rings is 1. The number of nitrogens with zero attached hydrogens (tertiary/aromatic N) is 4. The van der Waals surface area contributed by atoms with Gasteiger partial charge in [-0.2, -0.15) is 0 Å². The Balaban J connectivity index is 1.15. The van der Waals surface area contributed by atoms with Crippen molar-refractivity contribution < 1.29 is 8.82 Å². The van der Waals surface area contributed by atoms with Crippen molar-refractivity contribution in [1.82, 2.24) is 19.4 Å². The van der Waals surface area contributed by atoms with Gasteiger partial charge in [-0.1, -0.05) is 81.4 Å². The van der Waals surface area contributed by atoms with E-state index in [1.165, 1.54) is 22.6 Å². The number of benzene rings is 2. The number of nitrogens with one attached hydrogen (secondary N) is 1. The summed E-state index contributed by atoms with van der Waals surface area (Å²) in [5.41, 5.74) is 8.01. The van der Waals surface area contributed by atoms with Gasteiger partial charge in [-0.25, -0.2) is 19.3 Å². The van der Waals surface area contributed by atoms with Crippen molar-refractivity contribution in [3.63, 3.8) is 0 Å². The van der Waals surface area contributed by atoms with Gasteiger partial charge in [0.1, 0.15) is 17.2 Å². The van der Waals surface area contributed by atoms with Crippen molar-refractivity contribution in [2.24, 2.45) is 5.92 Å². The van der Waals surface area contributed by atoms with Gasteiger partial charge in [0.25, 0.3) is 8.32 Å². The van der Waals surface area contributed by atoms with E-state index >= 15 is 0 Å². The van der Waals surface area contributed by atoms with Gasteiger partial charge in [0.2, 0.25) is 0 Å². The minimum absolute atomic E-state index is 0.0384. The Hall–Kier alpha value is -4.08. The van der Waals surface area contributed by atoms with Gasteiger partial charge < -0.3 is 15.5 Å². The molecule has 0 saturated heterocycles. The Bertz CT molecular complexity index is 1640. The Morgan fingerprint density at radius 3 is 2.19 bits per heavy atom. The second-order valence-electron chi connectivity index (χ2n) is 12.6. The first kappa shape index (κ1) is 29.0. The number of anilines is 2. The monoisotopic (exact) mass is 594 g/mol. The fourth-order valence-electron chi connectivity index (χ4n) is 6.42. The van der Waals surface area contributed by atoms with E-state index in [0.717, 1.165) is 32.3 Å². The summed E-state index contributed by atoms with van der Waals surface area (Å²) in [6, 6.07) is 24.9. The highest BCUT2D eigenvalue weighted by Gasteiger charge is 2.50. The molecule has 0 bridgehead atoms. The highest BCUT2D eigenvalue weighted by atomic mass is 28.4. The maximum atomic E-state index is 13.9. The molecule has 1 aliphatic carbocycles. The standard InChI is InChI=1S/C34H39FN6OSi/c1-34(2,3)43(27-10-6-4-7-11-27,28-12-8-5-9-13-28)42-23-24-14-17-26(18-15-24)39-32-29(36)20-38-33(40-32)30-21-37-31-19-16-25(35)22-41(30)31/h4-13,16,19-22,24,26H,14-15,17-18,23,36H2,1-3H3,(H,38,39,40). The number of hydrogen-bond acceptors (Lipinski definition) is 6. The van der Waals surface area contributed by atoms with Crippen LogP contribution in [0.25, 0.3) is 17.2 Å². The predicted molar refractivity (Wildman–Crippen MR) is 174 cm³/mol. The number of fused-ring (bicyclic) bond motifs is 1. The Labute approximate surface area is 253 Å². The zero-order valence-corrected chi connectivity index (χ0v) is 26.0. The second-order valence-corrected chi connectivity index (χ2v) is 16.9. The molecule has 1 fully saturated rings. The van der Waals surface area contributed by atoms with Crippen molar-refractivity contribution in [2.75, 3.05) is 17.7 Å². The lowest BCUT2D eigenvalue weighted by Gasteiger charge is -2.44. The highest BCUT2D eigenvalue weighted by Crippen LogP contribution is 2.38. The van der Waals surface area contributed by atoms with Gasteiger partial charge in [-0.3, -0.25) is 4.40 Å². The third-order valence-corrected chi connectivity index (χ3v) is 13.7. The van der Waals surface area contributed by atoms with E-state index in [1.54, 1.807) is 22.9 Å². The Kier molecular flexibility index (Phi) is 8.02. The zero-order valence-electron chi connectivity index (χ0n) is 25.0. The summed E-state index contributed by atoms with van der Waals surface area (Å²) >= 11 is 0. The largest absolute Gasteiger partial charge is 0.407 e. The van der Waals surface area contributed by atoms with Crippen molar-refractivity contribution >= 4 is 35.8 Å². The number of halogens is 1. The van der Waals surface area contributed by atoms with E-state index in [4.69, 9.17) is 15.1 Å². The van der Waals surface area contributed by atoms with Gasteiger partial charge in [-0.05, 0) is 59.1 Å². The molecule has 1 saturated carbocycles. The smallest absolute Gasteiger partial charge is 0.261 e. The number of aromatic nitrogens is 4. The third kappa shape index (κ3) is 5.79. The molecular weight excluding hydrogens is 555 g/mol. The fraction of sp³-hybridized carbons (Fsp3) is 0.324. The summed E-state index contributed by atoms with van der Waals surface area (Å²) in [5, 5.41) is 6.15. The zero-order chi connectivity index (χ0) is 30.0. The normalized spacial score (nSPS) is 17.7. The molecule has 0 radical (unpaired) electrons. The molecule has 0 unspecified atom stereocenters. The highest BCUT2D eigenvalue weighted by molar-refractivity contribution is 6.99. The molecule has 3 heterocycles. The van der Waals surface area contributed by atoms with Crippen molar-refractivity contribution in [3.05, 3.63) is 97.2 Å². The molecule has 6 rings (SSSR count). The summed E-state index contributed by atoms with van der Waals surface area (Å²) in [5.74, 6) is 1.17. The second kappa shape index (κ2) is 11.9. The molecule has 2 aromatic carbocycles. The van der Waals surface area contributed by atoms with Crippen LogP contribution in [0.2, 0.25) is 5.04 Å². The minimum atomic E-state index is -2.55. The number of pyridine rings is 1. The van der Waals surface area contributed by atoms with E-state index < -0.39 is 8.32 Å². The topological polar surface area (TPSA) is 90.4 Å². The molecule has 1 aliphatic rings. The van der Waals surface area contributed by atoms with Crippen LogP contribution >= 0.6 is 0 Å². The average molecular weight is 595 g/mol. The lowest BCUT2D eigenvalue weighted by molar-refractivity contribution is 0.194. The molecule has 3 aromatic heterocycles. The fourth-order valence-corrected chi connectivity index (χ4v) is 11.1. The van der Waals surface area contributed by atoms with E-state index in [9.17, 15) is 4.39 Å². The first-order valence-electron chi connectivity index (χ1n) is 15.0. The summed E-state index contributed by atoms with van der Waals surface area (Å²) in [6.07, 6.45) is 8.75. The number of nitrogen functional groups attached to an aromatic ring is 1. The van der Waals surface area contributed by atoms with Crippen LogP contribution in [-0.2, 0) is 4.43 Å². The third-order valence-electron chi connectivity index (χ3n) is 8.66. The van der Waals surface area contributed by atoms with Crippen LogP contribution < -0.4 is 21.4 Å². The van der Waals surface area contributed by atoms with Crippen molar-refractivity contribution in [1.29, 1.82) is 0 Å². The lowest BCUT2D eigenvalue weighted by Crippen LogP contribution is -2.67. The van der Waals surface area contributed by atoms with Gasteiger partial charge in [0, 0.05) is 18.8 Å². The number of hydrogen-bond donors (Lipinski definition) is 2. The average Bonchev–Trinajstić information content (AvgIpc) is 3.43. The van der Waals surface area contributed by atoms with Gasteiger partial charge in [0.15, 0.2) is 11.6 Å². The molecular formula is C34H39FN6OSi. The Morgan fingerprint density at radius 2 is 1.56 bits per heavy atom. The van der Waals surface area contributed by atoms with Crippen LogP contribution in [-0.4, -0.2) is 40.3 Å². The molecule has 0 aliphatic heterocycles. The molecule has 0 atom stereocenters. The molecule has 43 heavy (non-hydrogen) atoms. The maximum absolute atomic E-state index is 13.9. The van der Waals surface area contributed by atoms with Crippen LogP contribution in [0.1, 0.15) is 46.5 Å². The first-order valence-corrected chi connectivity index (χ1v) is 16.9. The number of nitrogens with two attached hydrogens (primary N) is 1. The SMILES string of the molecule is CC(C)(C)[Si](OCC1CCC(Nc2nc(-c3cnc4ccc(F)cn34)ncc2N)CC1)(c1ccccc1)c1ccccc1. The van der Waals surface area contributed by atoms with E-state index in [0.29, 0.717) is 34.6 Å². The van der Waals surface area contributed by atoms with Crippen molar-refractivity contribution in [3.8, 4) is 11.5 Å². The van der Waals surface area contributed by atoms with E-state index in [2.05, 4.69) is 96.7 Å². The molecule has 0 spiro atoms. The Morgan fingerprint density at radius 1 is 0.907 bits per heavy atom. The summed E-state index contributed by atoms with van der Waals surface area (Å²) in [4.78, 5) is 13.5. The first-order chi connectivity index (χ1) is 20.7.